The zero-order valence-corrected chi connectivity index (χ0v) is 13.1. The number of rotatable bonds is 5. The quantitative estimate of drug-likeness (QED) is 0.916. The first-order chi connectivity index (χ1) is 11.4. The van der Waals surface area contributed by atoms with Crippen LogP contribution in [0.5, 0.6) is 0 Å². The van der Waals surface area contributed by atoms with E-state index in [0.717, 1.165) is 38.6 Å². The molecule has 0 bridgehead atoms. The van der Waals surface area contributed by atoms with Crippen molar-refractivity contribution in [3.05, 3.63) is 54.5 Å². The lowest BCUT2D eigenvalue weighted by molar-refractivity contribution is 0.0946. The van der Waals surface area contributed by atoms with Crippen LogP contribution in [-0.2, 0) is 11.3 Å². The highest BCUT2D eigenvalue weighted by atomic mass is 16.5. The fourth-order valence-corrected chi connectivity index (χ4v) is 3.67. The van der Waals surface area contributed by atoms with E-state index in [9.17, 15) is 0 Å². The van der Waals surface area contributed by atoms with Crippen LogP contribution < -0.4 is 5.32 Å². The predicted molar refractivity (Wildman–Crippen MR) is 89.0 cm³/mol. The summed E-state index contributed by atoms with van der Waals surface area (Å²) < 4.78 is 6.03. The van der Waals surface area contributed by atoms with Gasteiger partial charge >= 0.3 is 0 Å². The van der Waals surface area contributed by atoms with Gasteiger partial charge in [-0.05, 0) is 23.8 Å². The number of hydrogen-bond donors (Lipinski definition) is 1. The first kappa shape index (κ1) is 14.6. The molecule has 5 heteroatoms. The molecule has 0 aromatic carbocycles. The third-order valence-corrected chi connectivity index (χ3v) is 4.85. The molecule has 5 nitrogen and oxygen atoms in total. The molecule has 3 atom stereocenters. The Morgan fingerprint density at radius 2 is 2.17 bits per heavy atom. The maximum Gasteiger partial charge on any atom is 0.125 e. The van der Waals surface area contributed by atoms with E-state index < -0.39 is 0 Å². The topological polar surface area (TPSA) is 50.3 Å². The van der Waals surface area contributed by atoms with Crippen LogP contribution in [0.1, 0.15) is 5.56 Å². The first-order valence-electron chi connectivity index (χ1n) is 8.26. The highest BCUT2D eigenvalue weighted by Crippen LogP contribution is 2.34. The van der Waals surface area contributed by atoms with Crippen molar-refractivity contribution < 1.29 is 4.74 Å². The lowest BCUT2D eigenvalue weighted by Crippen LogP contribution is -2.27. The van der Waals surface area contributed by atoms with E-state index in [1.54, 1.807) is 0 Å². The summed E-state index contributed by atoms with van der Waals surface area (Å²) in [5.41, 5.74) is 1.27. The van der Waals surface area contributed by atoms with Gasteiger partial charge in [-0.15, -0.1) is 0 Å². The normalized spacial score (nSPS) is 27.0. The van der Waals surface area contributed by atoms with Crippen LogP contribution in [-0.4, -0.2) is 47.2 Å². The first-order valence-corrected chi connectivity index (χ1v) is 8.26. The van der Waals surface area contributed by atoms with E-state index in [4.69, 9.17) is 4.74 Å². The number of likely N-dealkylation sites (tertiary alicyclic amines) is 1. The van der Waals surface area contributed by atoms with Crippen molar-refractivity contribution >= 4 is 5.82 Å². The SMILES string of the molecule is c1ccc(NC[C@H]2CO[C@H]3CN(Cc4cccnc4)C[C@@H]23)nc1. The summed E-state index contributed by atoms with van der Waals surface area (Å²) in [5, 5.41) is 3.44. The maximum atomic E-state index is 6.03. The molecule has 2 saturated heterocycles. The molecule has 4 heterocycles. The van der Waals surface area contributed by atoms with Gasteiger partial charge in [-0.2, -0.15) is 0 Å². The van der Waals surface area contributed by atoms with Gasteiger partial charge in [-0.3, -0.25) is 9.88 Å². The van der Waals surface area contributed by atoms with Crippen LogP contribution in [0.3, 0.4) is 0 Å². The smallest absolute Gasteiger partial charge is 0.125 e. The number of nitrogens with one attached hydrogen (secondary N) is 1. The number of nitrogens with zero attached hydrogens (tertiary/aromatic N) is 3. The number of aromatic nitrogens is 2. The summed E-state index contributed by atoms with van der Waals surface area (Å²) in [7, 11) is 0. The molecular formula is C18H22N4O. The summed E-state index contributed by atoms with van der Waals surface area (Å²) in [4.78, 5) is 11.0. The highest BCUT2D eigenvalue weighted by molar-refractivity contribution is 5.33. The molecule has 2 aliphatic heterocycles. The van der Waals surface area contributed by atoms with Gasteiger partial charge in [0.05, 0.1) is 12.7 Å². The predicted octanol–water partition coefficient (Wildman–Crippen LogP) is 2.04. The molecule has 0 radical (unpaired) electrons. The lowest BCUT2D eigenvalue weighted by Gasteiger charge is -2.20. The molecule has 0 unspecified atom stereocenters. The Balaban J connectivity index is 1.32. The van der Waals surface area contributed by atoms with Gasteiger partial charge in [-0.1, -0.05) is 12.1 Å². The molecular weight excluding hydrogens is 288 g/mol. The van der Waals surface area contributed by atoms with Gasteiger partial charge in [-0.25, -0.2) is 4.98 Å². The molecule has 120 valence electrons. The molecule has 2 aromatic heterocycles. The number of hydrogen-bond acceptors (Lipinski definition) is 5. The fourth-order valence-electron chi connectivity index (χ4n) is 3.67. The monoisotopic (exact) mass is 310 g/mol. The van der Waals surface area contributed by atoms with Crippen molar-refractivity contribution in [3.63, 3.8) is 0 Å². The van der Waals surface area contributed by atoms with E-state index in [2.05, 4.69) is 26.3 Å². The minimum absolute atomic E-state index is 0.377. The van der Waals surface area contributed by atoms with Crippen LogP contribution in [0.25, 0.3) is 0 Å². The second-order valence-electron chi connectivity index (χ2n) is 6.45. The molecule has 23 heavy (non-hydrogen) atoms. The molecule has 0 aliphatic carbocycles. The standard InChI is InChI=1S/C18H22N4O/c1-2-7-20-18(5-1)21-9-15-13-23-17-12-22(11-16(15)17)10-14-4-3-6-19-8-14/h1-8,15-17H,9-13H2,(H,20,21)/t15-,16-,17-/m0/s1. The van der Waals surface area contributed by atoms with Crippen molar-refractivity contribution in [2.24, 2.45) is 11.8 Å². The Labute approximate surface area is 136 Å². The second-order valence-corrected chi connectivity index (χ2v) is 6.45. The van der Waals surface area contributed by atoms with Crippen LogP contribution in [0.2, 0.25) is 0 Å². The summed E-state index contributed by atoms with van der Waals surface area (Å²) >= 11 is 0. The van der Waals surface area contributed by atoms with Gasteiger partial charge < -0.3 is 10.1 Å². The van der Waals surface area contributed by atoms with Gasteiger partial charge in [0.25, 0.3) is 0 Å². The van der Waals surface area contributed by atoms with E-state index in [-0.39, 0.29) is 0 Å². The lowest BCUT2D eigenvalue weighted by atomic mass is 9.93. The van der Waals surface area contributed by atoms with Gasteiger partial charge in [0, 0.05) is 56.6 Å². The highest BCUT2D eigenvalue weighted by Gasteiger charge is 2.43. The van der Waals surface area contributed by atoms with E-state index in [1.807, 2.05) is 42.9 Å². The number of fused-ring (bicyclic) bond motifs is 1. The van der Waals surface area contributed by atoms with Crippen LogP contribution in [0.15, 0.2) is 48.9 Å². The van der Waals surface area contributed by atoms with E-state index in [0.29, 0.717) is 17.9 Å². The second kappa shape index (κ2) is 6.64. The Kier molecular flexibility index (Phi) is 4.22. The molecule has 0 spiro atoms. The van der Waals surface area contributed by atoms with Gasteiger partial charge in [0.1, 0.15) is 5.82 Å². The molecule has 0 amide bonds. The number of ether oxygens (including phenoxy) is 1. The maximum absolute atomic E-state index is 6.03. The fraction of sp³-hybridized carbons (Fsp3) is 0.444. The third-order valence-electron chi connectivity index (χ3n) is 4.85. The van der Waals surface area contributed by atoms with Crippen LogP contribution >= 0.6 is 0 Å². The van der Waals surface area contributed by atoms with E-state index in [1.165, 1.54) is 5.56 Å². The Bertz CT molecular complexity index is 621. The Hall–Kier alpha value is -1.98. The molecule has 2 aliphatic rings. The van der Waals surface area contributed by atoms with Gasteiger partial charge in [0.2, 0.25) is 0 Å². The van der Waals surface area contributed by atoms with E-state index >= 15 is 0 Å². The van der Waals surface area contributed by atoms with Crippen molar-refractivity contribution in [2.75, 3.05) is 31.6 Å². The van der Waals surface area contributed by atoms with Crippen molar-refractivity contribution in [3.8, 4) is 0 Å². The number of anilines is 1. The zero-order chi connectivity index (χ0) is 15.5. The molecule has 2 fully saturated rings. The third kappa shape index (κ3) is 3.35. The van der Waals surface area contributed by atoms with Crippen molar-refractivity contribution in [1.82, 2.24) is 14.9 Å². The van der Waals surface area contributed by atoms with Gasteiger partial charge in [0.15, 0.2) is 0 Å². The average molecular weight is 310 g/mol. The summed E-state index contributed by atoms with van der Waals surface area (Å²) in [6, 6.07) is 10.1. The van der Waals surface area contributed by atoms with Crippen molar-refractivity contribution in [1.29, 1.82) is 0 Å². The number of pyridine rings is 2. The molecule has 1 N–H and O–H groups in total. The van der Waals surface area contributed by atoms with Crippen molar-refractivity contribution in [2.45, 2.75) is 12.6 Å². The molecule has 4 rings (SSSR count). The minimum Gasteiger partial charge on any atom is -0.376 e. The minimum atomic E-state index is 0.377. The van der Waals surface area contributed by atoms with Crippen LogP contribution in [0, 0.1) is 11.8 Å². The van der Waals surface area contributed by atoms with Crippen LogP contribution in [0.4, 0.5) is 5.82 Å². The summed E-state index contributed by atoms with van der Waals surface area (Å²) in [6.07, 6.45) is 5.98. The molecule has 2 aromatic rings. The summed E-state index contributed by atoms with van der Waals surface area (Å²) in [5.74, 6) is 2.12. The zero-order valence-electron chi connectivity index (χ0n) is 13.1. The Morgan fingerprint density at radius 3 is 3.00 bits per heavy atom. The molecule has 0 saturated carbocycles. The Morgan fingerprint density at radius 1 is 1.17 bits per heavy atom. The summed E-state index contributed by atoms with van der Waals surface area (Å²) in [6.45, 7) is 4.88. The largest absolute Gasteiger partial charge is 0.376 e. The average Bonchev–Trinajstić information content (AvgIpc) is 3.15.